The molecule has 0 radical (unpaired) electrons. The lowest BCUT2D eigenvalue weighted by atomic mass is 10.1. The minimum absolute atomic E-state index is 0.00278. The van der Waals surface area contributed by atoms with Crippen LogP contribution in [0, 0.1) is 5.82 Å². The van der Waals surface area contributed by atoms with E-state index in [-0.39, 0.29) is 11.3 Å². The Morgan fingerprint density at radius 1 is 1.57 bits per heavy atom. The molecule has 0 aromatic heterocycles. The van der Waals surface area contributed by atoms with Gasteiger partial charge in [0.05, 0.1) is 10.4 Å². The van der Waals surface area contributed by atoms with Crippen LogP contribution in [0.3, 0.4) is 0 Å². The Kier molecular flexibility index (Phi) is 3.52. The van der Waals surface area contributed by atoms with Crippen molar-refractivity contribution in [3.05, 3.63) is 35.1 Å². The first-order valence-electron chi connectivity index (χ1n) is 3.95. The summed E-state index contributed by atoms with van der Waals surface area (Å²) < 4.78 is 13.1. The number of Topliss-reactive ketones (excluding diaryl/α,β-unsaturated/α-hetero) is 1. The average molecular weight is 259 g/mol. The number of rotatable bonds is 3. The van der Waals surface area contributed by atoms with Crippen LogP contribution in [0.2, 0.25) is 0 Å². The van der Waals surface area contributed by atoms with Crippen molar-refractivity contribution in [2.24, 2.45) is 0 Å². The lowest BCUT2D eigenvalue weighted by Gasteiger charge is -2.06. The Labute approximate surface area is 89.2 Å². The van der Waals surface area contributed by atoms with Gasteiger partial charge in [0.15, 0.2) is 6.29 Å². The van der Waals surface area contributed by atoms with Gasteiger partial charge in [0.25, 0.3) is 0 Å². The number of halogens is 2. The van der Waals surface area contributed by atoms with Gasteiger partial charge in [-0.1, -0.05) is 22.0 Å². The van der Waals surface area contributed by atoms with Gasteiger partial charge in [-0.05, 0) is 24.6 Å². The van der Waals surface area contributed by atoms with Crippen LogP contribution in [0.4, 0.5) is 4.39 Å². The van der Waals surface area contributed by atoms with Crippen LogP contribution in [0.5, 0.6) is 0 Å². The normalized spacial score (nSPS) is 12.2. The second kappa shape index (κ2) is 4.46. The SMILES string of the molecule is CC(=O)C(Br)c1ccc(C=O)c(F)c1. The van der Waals surface area contributed by atoms with Gasteiger partial charge in [0, 0.05) is 0 Å². The summed E-state index contributed by atoms with van der Waals surface area (Å²) in [5, 5.41) is 0. The van der Waals surface area contributed by atoms with Gasteiger partial charge in [-0.2, -0.15) is 0 Å². The number of ketones is 1. The smallest absolute Gasteiger partial charge is 0.152 e. The summed E-state index contributed by atoms with van der Waals surface area (Å²) in [6, 6.07) is 4.09. The first kappa shape index (κ1) is 11.0. The van der Waals surface area contributed by atoms with Gasteiger partial charge in [0.1, 0.15) is 11.6 Å². The zero-order valence-electron chi connectivity index (χ0n) is 7.46. The van der Waals surface area contributed by atoms with Crippen LogP contribution in [-0.2, 0) is 4.79 Å². The maximum Gasteiger partial charge on any atom is 0.152 e. The third kappa shape index (κ3) is 2.26. The van der Waals surface area contributed by atoms with Crippen molar-refractivity contribution in [1.29, 1.82) is 0 Å². The zero-order chi connectivity index (χ0) is 10.7. The Morgan fingerprint density at radius 2 is 2.21 bits per heavy atom. The molecule has 0 fully saturated rings. The van der Waals surface area contributed by atoms with Crippen LogP contribution in [0.25, 0.3) is 0 Å². The fourth-order valence-corrected chi connectivity index (χ4v) is 1.32. The molecule has 0 saturated heterocycles. The van der Waals surface area contributed by atoms with E-state index in [2.05, 4.69) is 15.9 Å². The fourth-order valence-electron chi connectivity index (χ4n) is 1.03. The lowest BCUT2D eigenvalue weighted by Crippen LogP contribution is -2.02. The summed E-state index contributed by atoms with van der Waals surface area (Å²) in [7, 11) is 0. The van der Waals surface area contributed by atoms with Crippen LogP contribution in [0.15, 0.2) is 18.2 Å². The van der Waals surface area contributed by atoms with Crippen molar-refractivity contribution in [3.8, 4) is 0 Å². The van der Waals surface area contributed by atoms with Crippen LogP contribution in [0.1, 0.15) is 27.7 Å². The van der Waals surface area contributed by atoms with Gasteiger partial charge < -0.3 is 0 Å². The van der Waals surface area contributed by atoms with Crippen molar-refractivity contribution in [3.63, 3.8) is 0 Å². The summed E-state index contributed by atoms with van der Waals surface area (Å²) >= 11 is 3.13. The van der Waals surface area contributed by atoms with E-state index in [4.69, 9.17) is 0 Å². The number of carbonyl (C=O) groups excluding carboxylic acids is 2. The highest BCUT2D eigenvalue weighted by atomic mass is 79.9. The average Bonchev–Trinajstić information content (AvgIpc) is 2.16. The maximum atomic E-state index is 13.1. The molecule has 4 heteroatoms. The highest BCUT2D eigenvalue weighted by Crippen LogP contribution is 2.24. The summed E-state index contributed by atoms with van der Waals surface area (Å²) in [5.41, 5.74) is 0.512. The predicted molar refractivity (Wildman–Crippen MR) is 54.1 cm³/mol. The number of benzene rings is 1. The topological polar surface area (TPSA) is 34.1 Å². The molecule has 2 nitrogen and oxygen atoms in total. The van der Waals surface area contributed by atoms with Gasteiger partial charge in [0.2, 0.25) is 0 Å². The van der Waals surface area contributed by atoms with Crippen LogP contribution < -0.4 is 0 Å². The molecule has 0 saturated carbocycles. The number of hydrogen-bond donors (Lipinski definition) is 0. The van der Waals surface area contributed by atoms with E-state index in [9.17, 15) is 14.0 Å². The maximum absolute atomic E-state index is 13.1. The van der Waals surface area contributed by atoms with Gasteiger partial charge in [-0.3, -0.25) is 9.59 Å². The number of alkyl halides is 1. The van der Waals surface area contributed by atoms with Crippen molar-refractivity contribution in [2.75, 3.05) is 0 Å². The van der Waals surface area contributed by atoms with Crippen molar-refractivity contribution >= 4 is 28.0 Å². The summed E-state index contributed by atoms with van der Waals surface area (Å²) in [6.45, 7) is 1.41. The van der Waals surface area contributed by atoms with Gasteiger partial charge in [-0.25, -0.2) is 4.39 Å². The summed E-state index contributed by atoms with van der Waals surface area (Å²) in [5.74, 6) is -0.716. The van der Waals surface area contributed by atoms with Crippen LogP contribution >= 0.6 is 15.9 Å². The molecule has 0 heterocycles. The quantitative estimate of drug-likeness (QED) is 0.617. The van der Waals surface area contributed by atoms with Crippen LogP contribution in [-0.4, -0.2) is 12.1 Å². The van der Waals surface area contributed by atoms with Gasteiger partial charge in [-0.15, -0.1) is 0 Å². The molecule has 1 unspecified atom stereocenters. The highest BCUT2D eigenvalue weighted by Gasteiger charge is 2.14. The molecule has 0 aliphatic heterocycles. The van der Waals surface area contributed by atoms with Crippen molar-refractivity contribution < 1.29 is 14.0 Å². The molecule has 0 aliphatic rings. The van der Waals surface area contributed by atoms with E-state index in [0.717, 1.165) is 0 Å². The molecule has 0 amide bonds. The van der Waals surface area contributed by atoms with E-state index >= 15 is 0 Å². The minimum Gasteiger partial charge on any atom is -0.298 e. The molecule has 0 bridgehead atoms. The third-order valence-corrected chi connectivity index (χ3v) is 2.97. The number of carbonyl (C=O) groups is 2. The molecule has 0 N–H and O–H groups in total. The third-order valence-electron chi connectivity index (χ3n) is 1.80. The Hall–Kier alpha value is -1.03. The predicted octanol–water partition coefficient (Wildman–Crippen LogP) is 2.66. The summed E-state index contributed by atoms with van der Waals surface area (Å²) in [4.78, 5) is 20.8. The van der Waals surface area contributed by atoms with E-state index in [1.54, 1.807) is 6.07 Å². The lowest BCUT2D eigenvalue weighted by molar-refractivity contribution is -0.116. The first-order valence-corrected chi connectivity index (χ1v) is 4.87. The monoisotopic (exact) mass is 258 g/mol. The van der Waals surface area contributed by atoms with Crippen molar-refractivity contribution in [1.82, 2.24) is 0 Å². The van der Waals surface area contributed by atoms with E-state index in [0.29, 0.717) is 11.8 Å². The molecular formula is C10H8BrFO2. The largest absolute Gasteiger partial charge is 0.298 e. The molecular weight excluding hydrogens is 251 g/mol. The molecule has 1 aromatic rings. The molecule has 0 aliphatic carbocycles. The van der Waals surface area contributed by atoms with Gasteiger partial charge >= 0.3 is 0 Å². The molecule has 0 spiro atoms. The van der Waals surface area contributed by atoms with E-state index in [1.165, 1.54) is 19.1 Å². The second-order valence-electron chi connectivity index (χ2n) is 2.87. The first-order chi connectivity index (χ1) is 6.56. The Balaban J connectivity index is 3.08. The number of aldehydes is 1. The molecule has 1 atom stereocenters. The molecule has 74 valence electrons. The minimum atomic E-state index is -0.608. The second-order valence-corrected chi connectivity index (χ2v) is 3.79. The molecule has 1 rings (SSSR count). The molecule has 1 aromatic carbocycles. The Morgan fingerprint density at radius 3 is 2.64 bits per heavy atom. The summed E-state index contributed by atoms with van der Waals surface area (Å²) in [6.07, 6.45) is 0.441. The number of hydrogen-bond acceptors (Lipinski definition) is 2. The highest BCUT2D eigenvalue weighted by molar-refractivity contribution is 9.09. The fraction of sp³-hybridized carbons (Fsp3) is 0.200. The van der Waals surface area contributed by atoms with E-state index in [1.807, 2.05) is 0 Å². The van der Waals surface area contributed by atoms with E-state index < -0.39 is 10.6 Å². The molecule has 14 heavy (non-hydrogen) atoms. The zero-order valence-corrected chi connectivity index (χ0v) is 9.05. The standard InChI is InChI=1S/C10H8BrFO2/c1-6(14)10(11)7-2-3-8(5-13)9(12)4-7/h2-5,10H,1H3. The Bertz CT molecular complexity index is 376. The van der Waals surface area contributed by atoms with Crippen molar-refractivity contribution in [2.45, 2.75) is 11.8 Å².